The maximum Gasteiger partial charge on any atom is 0.293 e. The van der Waals surface area contributed by atoms with Gasteiger partial charge < -0.3 is 23.8 Å². The van der Waals surface area contributed by atoms with Gasteiger partial charge in [-0.2, -0.15) is 0 Å². The summed E-state index contributed by atoms with van der Waals surface area (Å²) in [7, 11) is 0. The summed E-state index contributed by atoms with van der Waals surface area (Å²) in [6.45, 7) is 4.73. The van der Waals surface area contributed by atoms with Gasteiger partial charge in [-0.15, -0.1) is 0 Å². The summed E-state index contributed by atoms with van der Waals surface area (Å²) >= 11 is 0.876. The van der Waals surface area contributed by atoms with E-state index in [0.717, 1.165) is 39.4 Å². The second-order valence-electron chi connectivity index (χ2n) is 8.15. The van der Waals surface area contributed by atoms with Crippen LogP contribution in [0.4, 0.5) is 4.79 Å². The summed E-state index contributed by atoms with van der Waals surface area (Å²) in [4.78, 5) is 39.5. The Kier molecular flexibility index (Phi) is 6.12. The van der Waals surface area contributed by atoms with E-state index in [2.05, 4.69) is 5.32 Å². The number of nitrogens with one attached hydrogen (secondary N) is 1. The molecule has 35 heavy (non-hydrogen) atoms. The van der Waals surface area contributed by atoms with Crippen LogP contribution in [0.3, 0.4) is 0 Å². The molecule has 0 saturated carbocycles. The lowest BCUT2D eigenvalue weighted by atomic mass is 10.2. The van der Waals surface area contributed by atoms with Crippen molar-refractivity contribution in [1.82, 2.24) is 14.8 Å². The summed E-state index contributed by atoms with van der Waals surface area (Å²) in [6, 6.07) is 10.9. The number of benzene rings is 1. The molecule has 3 aromatic rings. The van der Waals surface area contributed by atoms with Crippen LogP contribution >= 0.6 is 11.8 Å². The maximum absolute atomic E-state index is 12.8. The summed E-state index contributed by atoms with van der Waals surface area (Å²) in [5.74, 6) is 1.40. The minimum absolute atomic E-state index is 0.0834. The van der Waals surface area contributed by atoms with Crippen LogP contribution < -0.4 is 14.8 Å². The second-order valence-corrected chi connectivity index (χ2v) is 9.15. The molecule has 9 nitrogen and oxygen atoms in total. The van der Waals surface area contributed by atoms with Gasteiger partial charge in [-0.05, 0) is 67.6 Å². The predicted octanol–water partition coefficient (Wildman–Crippen LogP) is 3.94. The molecule has 1 fully saturated rings. The molecule has 0 spiro atoms. The van der Waals surface area contributed by atoms with Gasteiger partial charge in [-0.3, -0.25) is 19.3 Å². The fourth-order valence-corrected chi connectivity index (χ4v) is 4.92. The Labute approximate surface area is 205 Å². The number of ether oxygens (including phenoxy) is 2. The Balaban J connectivity index is 1.20. The van der Waals surface area contributed by atoms with E-state index < -0.39 is 0 Å². The van der Waals surface area contributed by atoms with Crippen molar-refractivity contribution >= 4 is 34.9 Å². The normalized spacial score (nSPS) is 15.9. The molecule has 0 unspecified atom stereocenters. The quantitative estimate of drug-likeness (QED) is 0.497. The highest BCUT2D eigenvalue weighted by atomic mass is 32.2. The standard InChI is InChI=1S/C25H23N3O6S/c1-15-10-19(16(2)28(15)13-18-4-3-9-32-18)23(29)26-7-8-27-24(30)22(35-25(27)31)12-17-5-6-20-21(11-17)34-14-33-20/h3-6,9-12H,7-8,13-14H2,1-2H3,(H,26,29)/b22-12-. The lowest BCUT2D eigenvalue weighted by Gasteiger charge is -2.13. The fraction of sp³-hybridized carbons (Fsp3) is 0.240. The molecule has 180 valence electrons. The molecule has 0 radical (unpaired) electrons. The van der Waals surface area contributed by atoms with Crippen molar-refractivity contribution < 1.29 is 28.3 Å². The molecule has 0 bridgehead atoms. The average molecular weight is 494 g/mol. The third kappa shape index (κ3) is 4.57. The first-order chi connectivity index (χ1) is 16.9. The number of nitrogens with zero attached hydrogens (tertiary/aromatic N) is 2. The van der Waals surface area contributed by atoms with Crippen LogP contribution in [0.5, 0.6) is 11.5 Å². The number of thioether (sulfide) groups is 1. The zero-order chi connectivity index (χ0) is 24.5. The van der Waals surface area contributed by atoms with Gasteiger partial charge in [-0.1, -0.05) is 6.07 Å². The van der Waals surface area contributed by atoms with E-state index in [1.807, 2.05) is 36.6 Å². The highest BCUT2D eigenvalue weighted by Crippen LogP contribution is 2.36. The molecule has 0 aliphatic carbocycles. The van der Waals surface area contributed by atoms with Crippen LogP contribution in [0.1, 0.15) is 33.1 Å². The van der Waals surface area contributed by atoms with Crippen molar-refractivity contribution in [3.05, 3.63) is 75.8 Å². The number of furan rings is 1. The van der Waals surface area contributed by atoms with Crippen molar-refractivity contribution in [3.63, 3.8) is 0 Å². The number of carbonyl (C=O) groups excluding carboxylic acids is 3. The molecule has 0 atom stereocenters. The van der Waals surface area contributed by atoms with Crippen molar-refractivity contribution in [1.29, 1.82) is 0 Å². The Morgan fingerprint density at radius 3 is 2.77 bits per heavy atom. The largest absolute Gasteiger partial charge is 0.467 e. The molecule has 1 N–H and O–H groups in total. The van der Waals surface area contributed by atoms with Gasteiger partial charge in [0, 0.05) is 24.5 Å². The van der Waals surface area contributed by atoms with E-state index in [9.17, 15) is 14.4 Å². The van der Waals surface area contributed by atoms with E-state index in [1.165, 1.54) is 0 Å². The summed E-state index contributed by atoms with van der Waals surface area (Å²) < 4.78 is 18.1. The Bertz CT molecular complexity index is 1340. The first-order valence-corrected chi connectivity index (χ1v) is 11.8. The Hall–Kier alpha value is -3.92. The van der Waals surface area contributed by atoms with Gasteiger partial charge in [0.25, 0.3) is 17.1 Å². The smallest absolute Gasteiger partial charge is 0.293 e. The number of rotatable bonds is 7. The minimum Gasteiger partial charge on any atom is -0.467 e. The molecule has 2 aliphatic heterocycles. The van der Waals surface area contributed by atoms with Gasteiger partial charge in [0.05, 0.1) is 23.3 Å². The topological polar surface area (TPSA) is 103 Å². The number of hydrogen-bond donors (Lipinski definition) is 1. The molecule has 3 amide bonds. The minimum atomic E-state index is -0.386. The zero-order valence-electron chi connectivity index (χ0n) is 19.2. The zero-order valence-corrected chi connectivity index (χ0v) is 20.0. The third-order valence-corrected chi connectivity index (χ3v) is 6.81. The van der Waals surface area contributed by atoms with Crippen molar-refractivity contribution in [2.45, 2.75) is 20.4 Å². The SMILES string of the molecule is Cc1cc(C(=O)NCCN2C(=O)S/C(=C\c3ccc4c(c3)OCO4)C2=O)c(C)n1Cc1ccco1. The molecule has 1 aromatic carbocycles. The molecule has 5 rings (SSSR count). The first-order valence-electron chi connectivity index (χ1n) is 11.0. The lowest BCUT2D eigenvalue weighted by molar-refractivity contribution is -0.122. The van der Waals surface area contributed by atoms with Gasteiger partial charge in [0.15, 0.2) is 11.5 Å². The third-order valence-electron chi connectivity index (χ3n) is 5.90. The van der Waals surface area contributed by atoms with Crippen LogP contribution in [0.2, 0.25) is 0 Å². The highest BCUT2D eigenvalue weighted by molar-refractivity contribution is 8.18. The van der Waals surface area contributed by atoms with Gasteiger partial charge >= 0.3 is 0 Å². The summed E-state index contributed by atoms with van der Waals surface area (Å²) in [5.41, 5.74) is 3.03. The van der Waals surface area contributed by atoms with Crippen LogP contribution in [-0.2, 0) is 11.3 Å². The van der Waals surface area contributed by atoms with Crippen molar-refractivity contribution in [2.75, 3.05) is 19.9 Å². The number of hydrogen-bond acceptors (Lipinski definition) is 7. The number of imide groups is 1. The van der Waals surface area contributed by atoms with Gasteiger partial charge in [-0.25, -0.2) is 0 Å². The van der Waals surface area contributed by atoms with Crippen LogP contribution in [0.15, 0.2) is 52.0 Å². The van der Waals surface area contributed by atoms with Crippen LogP contribution in [-0.4, -0.2) is 46.4 Å². The van der Waals surface area contributed by atoms with E-state index in [-0.39, 0.29) is 36.9 Å². The molecule has 10 heteroatoms. The lowest BCUT2D eigenvalue weighted by Crippen LogP contribution is -2.37. The first kappa shape index (κ1) is 22.9. The van der Waals surface area contributed by atoms with E-state index in [4.69, 9.17) is 13.9 Å². The number of amides is 3. The van der Waals surface area contributed by atoms with Gasteiger partial charge in [0.1, 0.15) is 5.76 Å². The molecular weight excluding hydrogens is 470 g/mol. The van der Waals surface area contributed by atoms with Crippen molar-refractivity contribution in [3.8, 4) is 11.5 Å². The van der Waals surface area contributed by atoms with E-state index >= 15 is 0 Å². The number of aromatic nitrogens is 1. The number of fused-ring (bicyclic) bond motifs is 1. The summed E-state index contributed by atoms with van der Waals surface area (Å²) in [6.07, 6.45) is 3.27. The average Bonchev–Trinajstić information content (AvgIpc) is 3.62. The monoisotopic (exact) mass is 493 g/mol. The van der Waals surface area contributed by atoms with Gasteiger partial charge in [0.2, 0.25) is 6.79 Å². The Morgan fingerprint density at radius 1 is 1.14 bits per heavy atom. The van der Waals surface area contributed by atoms with Crippen molar-refractivity contribution in [2.24, 2.45) is 0 Å². The predicted molar refractivity (Wildman–Crippen MR) is 129 cm³/mol. The van der Waals surface area contributed by atoms with Crippen LogP contribution in [0.25, 0.3) is 6.08 Å². The molecule has 4 heterocycles. The number of aryl methyl sites for hydroxylation is 1. The molecule has 2 aromatic heterocycles. The maximum atomic E-state index is 12.8. The molecule has 1 saturated heterocycles. The highest BCUT2D eigenvalue weighted by Gasteiger charge is 2.34. The summed E-state index contributed by atoms with van der Waals surface area (Å²) in [5, 5.41) is 2.45. The molecular formula is C25H23N3O6S. The fourth-order valence-electron chi connectivity index (χ4n) is 4.06. The second kappa shape index (κ2) is 9.38. The van der Waals surface area contributed by atoms with Crippen LogP contribution in [0, 0.1) is 13.8 Å². The number of carbonyl (C=O) groups is 3. The Morgan fingerprint density at radius 2 is 1.97 bits per heavy atom. The van der Waals surface area contributed by atoms with E-state index in [1.54, 1.807) is 30.5 Å². The molecule has 2 aliphatic rings. The van der Waals surface area contributed by atoms with E-state index in [0.29, 0.717) is 28.5 Å².